The van der Waals surface area contributed by atoms with Crippen LogP contribution in [0.2, 0.25) is 0 Å². The molecule has 0 aliphatic heterocycles. The molecule has 3 N–H and O–H groups in total. The Bertz CT molecular complexity index is 442. The molecule has 6 nitrogen and oxygen atoms in total. The van der Waals surface area contributed by atoms with Crippen LogP contribution in [0.25, 0.3) is 0 Å². The summed E-state index contributed by atoms with van der Waals surface area (Å²) in [7, 11) is 0.795. The average Bonchev–Trinajstić information content (AvgIpc) is 2.52. The Kier molecular flexibility index (Phi) is 4.68. The summed E-state index contributed by atoms with van der Waals surface area (Å²) in [5, 5.41) is 6.75. The molecule has 0 aromatic carbocycles. The SMILES string of the molecule is CCS(=O)CCNC(=O)c1c(N)c(C)nn1C. The van der Waals surface area contributed by atoms with Gasteiger partial charge in [-0.15, -0.1) is 0 Å². The fraction of sp³-hybridized carbons (Fsp3) is 0.600. The highest BCUT2D eigenvalue weighted by Crippen LogP contribution is 2.14. The van der Waals surface area contributed by atoms with Crippen LogP contribution in [-0.4, -0.2) is 37.9 Å². The van der Waals surface area contributed by atoms with Gasteiger partial charge in [-0.05, 0) is 6.92 Å². The van der Waals surface area contributed by atoms with Crippen LogP contribution in [0.4, 0.5) is 5.69 Å². The van der Waals surface area contributed by atoms with Gasteiger partial charge in [-0.1, -0.05) is 6.92 Å². The van der Waals surface area contributed by atoms with Crippen LogP contribution in [0.15, 0.2) is 0 Å². The van der Waals surface area contributed by atoms with E-state index < -0.39 is 10.8 Å². The lowest BCUT2D eigenvalue weighted by Crippen LogP contribution is -2.30. The van der Waals surface area contributed by atoms with Gasteiger partial charge in [0.1, 0.15) is 5.69 Å². The predicted molar refractivity (Wildman–Crippen MR) is 68.2 cm³/mol. The van der Waals surface area contributed by atoms with Crippen molar-refractivity contribution in [3.8, 4) is 0 Å². The predicted octanol–water partition coefficient (Wildman–Crippen LogP) is -0.191. The third-order valence-electron chi connectivity index (χ3n) is 2.42. The van der Waals surface area contributed by atoms with Crippen molar-refractivity contribution >= 4 is 22.4 Å². The molecule has 1 amide bonds. The minimum Gasteiger partial charge on any atom is -0.395 e. The number of hydrogen-bond acceptors (Lipinski definition) is 4. The summed E-state index contributed by atoms with van der Waals surface area (Å²) in [6, 6.07) is 0. The van der Waals surface area contributed by atoms with Gasteiger partial charge in [0, 0.05) is 35.9 Å². The molecule has 96 valence electrons. The number of aromatic nitrogens is 2. The summed E-state index contributed by atoms with van der Waals surface area (Å²) in [5.74, 6) is 0.778. The summed E-state index contributed by atoms with van der Waals surface area (Å²) in [5.41, 5.74) is 7.13. The summed E-state index contributed by atoms with van der Waals surface area (Å²) >= 11 is 0. The zero-order valence-corrected chi connectivity index (χ0v) is 11.1. The van der Waals surface area contributed by atoms with Gasteiger partial charge < -0.3 is 11.1 Å². The minimum absolute atomic E-state index is 0.279. The van der Waals surface area contributed by atoms with Crippen LogP contribution in [-0.2, 0) is 17.8 Å². The number of nitrogens with two attached hydrogens (primary N) is 1. The summed E-state index contributed by atoms with van der Waals surface area (Å²) in [4.78, 5) is 11.8. The Hall–Kier alpha value is -1.37. The highest BCUT2D eigenvalue weighted by atomic mass is 32.2. The second-order valence-electron chi connectivity index (χ2n) is 3.66. The van der Waals surface area contributed by atoms with E-state index in [1.165, 1.54) is 4.68 Å². The number of carbonyl (C=O) groups excluding carboxylic acids is 1. The Labute approximate surface area is 103 Å². The lowest BCUT2D eigenvalue weighted by atomic mass is 10.3. The van der Waals surface area contributed by atoms with Crippen LogP contribution in [0.1, 0.15) is 23.1 Å². The van der Waals surface area contributed by atoms with Gasteiger partial charge in [0.05, 0.1) is 11.4 Å². The number of hydrogen-bond donors (Lipinski definition) is 2. The maximum Gasteiger partial charge on any atom is 0.271 e. The standard InChI is InChI=1S/C10H18N4O2S/c1-4-17(16)6-5-12-10(15)9-8(11)7(2)13-14(9)3/h4-6,11H2,1-3H3,(H,12,15). The molecule has 0 fully saturated rings. The van der Waals surface area contributed by atoms with Crippen molar-refractivity contribution in [3.05, 3.63) is 11.4 Å². The van der Waals surface area contributed by atoms with Gasteiger partial charge in [0.15, 0.2) is 0 Å². The van der Waals surface area contributed by atoms with Crippen molar-refractivity contribution in [2.75, 3.05) is 23.8 Å². The number of anilines is 1. The number of nitrogens with one attached hydrogen (secondary N) is 1. The van der Waals surface area contributed by atoms with E-state index >= 15 is 0 Å². The molecule has 17 heavy (non-hydrogen) atoms. The van der Waals surface area contributed by atoms with E-state index in [2.05, 4.69) is 10.4 Å². The van der Waals surface area contributed by atoms with E-state index in [4.69, 9.17) is 5.73 Å². The number of rotatable bonds is 5. The second-order valence-corrected chi connectivity index (χ2v) is 5.53. The fourth-order valence-corrected chi connectivity index (χ4v) is 2.07. The molecule has 0 spiro atoms. The van der Waals surface area contributed by atoms with Crippen LogP contribution in [0.3, 0.4) is 0 Å². The van der Waals surface area contributed by atoms with E-state index in [0.29, 0.717) is 35.1 Å². The molecule has 1 unspecified atom stereocenters. The van der Waals surface area contributed by atoms with Crippen LogP contribution in [0, 0.1) is 6.92 Å². The second kappa shape index (κ2) is 5.81. The third-order valence-corrected chi connectivity index (χ3v) is 3.72. The monoisotopic (exact) mass is 258 g/mol. The van der Waals surface area contributed by atoms with Gasteiger partial charge >= 0.3 is 0 Å². The smallest absolute Gasteiger partial charge is 0.271 e. The van der Waals surface area contributed by atoms with Crippen LogP contribution >= 0.6 is 0 Å². The molecule has 7 heteroatoms. The Morgan fingerprint density at radius 2 is 2.24 bits per heavy atom. The maximum absolute atomic E-state index is 11.8. The first kappa shape index (κ1) is 13.7. The van der Waals surface area contributed by atoms with Crippen molar-refractivity contribution < 1.29 is 9.00 Å². The quantitative estimate of drug-likeness (QED) is 0.766. The van der Waals surface area contributed by atoms with E-state index in [-0.39, 0.29) is 5.91 Å². The van der Waals surface area contributed by atoms with Gasteiger partial charge in [0.25, 0.3) is 5.91 Å². The minimum atomic E-state index is -0.874. The first-order valence-corrected chi connectivity index (χ1v) is 6.88. The number of amides is 1. The third kappa shape index (κ3) is 3.29. The number of aryl methyl sites for hydroxylation is 2. The van der Waals surface area contributed by atoms with Crippen molar-refractivity contribution in [2.45, 2.75) is 13.8 Å². The fourth-order valence-electron chi connectivity index (χ4n) is 1.45. The molecule has 1 atom stereocenters. The van der Waals surface area contributed by atoms with Crippen molar-refractivity contribution in [3.63, 3.8) is 0 Å². The summed E-state index contributed by atoms with van der Waals surface area (Å²) in [6.45, 7) is 3.97. The first-order valence-electron chi connectivity index (χ1n) is 5.39. The van der Waals surface area contributed by atoms with E-state index in [1.54, 1.807) is 14.0 Å². The molecule has 1 rings (SSSR count). The maximum atomic E-state index is 11.8. The Morgan fingerprint density at radius 1 is 1.59 bits per heavy atom. The zero-order chi connectivity index (χ0) is 13.0. The van der Waals surface area contributed by atoms with E-state index in [9.17, 15) is 9.00 Å². The van der Waals surface area contributed by atoms with Gasteiger partial charge in [-0.3, -0.25) is 13.7 Å². The number of carbonyl (C=O) groups is 1. The molecule has 0 aliphatic rings. The topological polar surface area (TPSA) is 90.0 Å². The van der Waals surface area contributed by atoms with Gasteiger partial charge in [-0.25, -0.2) is 0 Å². The normalized spacial score (nSPS) is 12.4. The summed E-state index contributed by atoms with van der Waals surface area (Å²) < 4.78 is 12.6. The highest BCUT2D eigenvalue weighted by Gasteiger charge is 2.17. The molecule has 1 aromatic rings. The first-order chi connectivity index (χ1) is 7.97. The Morgan fingerprint density at radius 3 is 2.71 bits per heavy atom. The molecule has 0 radical (unpaired) electrons. The van der Waals surface area contributed by atoms with E-state index in [0.717, 1.165) is 0 Å². The molecule has 0 bridgehead atoms. The van der Waals surface area contributed by atoms with Crippen molar-refractivity contribution in [2.24, 2.45) is 7.05 Å². The number of nitrogens with zero attached hydrogens (tertiary/aromatic N) is 2. The molecule has 1 aromatic heterocycles. The van der Waals surface area contributed by atoms with Gasteiger partial charge in [0.2, 0.25) is 0 Å². The largest absolute Gasteiger partial charge is 0.395 e. The molecular formula is C10H18N4O2S. The zero-order valence-electron chi connectivity index (χ0n) is 10.3. The van der Waals surface area contributed by atoms with Gasteiger partial charge in [-0.2, -0.15) is 5.10 Å². The molecule has 0 aliphatic carbocycles. The molecule has 1 heterocycles. The molecule has 0 saturated carbocycles. The van der Waals surface area contributed by atoms with E-state index in [1.807, 2.05) is 6.92 Å². The van der Waals surface area contributed by atoms with Crippen LogP contribution in [0.5, 0.6) is 0 Å². The van der Waals surface area contributed by atoms with Crippen molar-refractivity contribution in [1.82, 2.24) is 15.1 Å². The molecule has 0 saturated heterocycles. The lowest BCUT2D eigenvalue weighted by molar-refractivity contribution is 0.0947. The highest BCUT2D eigenvalue weighted by molar-refractivity contribution is 7.84. The number of nitrogen functional groups attached to an aromatic ring is 1. The summed E-state index contributed by atoms with van der Waals surface area (Å²) in [6.07, 6.45) is 0. The van der Waals surface area contributed by atoms with Crippen molar-refractivity contribution in [1.29, 1.82) is 0 Å². The lowest BCUT2D eigenvalue weighted by Gasteiger charge is -2.05. The molecular weight excluding hydrogens is 240 g/mol. The van der Waals surface area contributed by atoms with Crippen LogP contribution < -0.4 is 11.1 Å². The Balaban J connectivity index is 2.61. The average molecular weight is 258 g/mol.